The average Bonchev–Trinajstić information content (AvgIpc) is 2.36. The predicted molar refractivity (Wildman–Crippen MR) is 72.8 cm³/mol. The van der Waals surface area contributed by atoms with Crippen LogP contribution in [-0.4, -0.2) is 23.9 Å². The summed E-state index contributed by atoms with van der Waals surface area (Å²) in [7, 11) is 0. The van der Waals surface area contributed by atoms with Gasteiger partial charge in [-0.15, -0.1) is 0 Å². The number of fused-ring (bicyclic) bond motifs is 1. The van der Waals surface area contributed by atoms with Crippen LogP contribution in [0.3, 0.4) is 0 Å². The number of hydrogen-bond donors (Lipinski definition) is 2. The lowest BCUT2D eigenvalue weighted by Gasteiger charge is -2.30. The molecule has 0 saturated carbocycles. The molecule has 0 radical (unpaired) electrons. The van der Waals surface area contributed by atoms with E-state index in [2.05, 4.69) is 18.3 Å². The maximum absolute atomic E-state index is 10.2. The van der Waals surface area contributed by atoms with Gasteiger partial charge in [-0.1, -0.05) is 31.5 Å². The molecule has 0 spiro atoms. The van der Waals surface area contributed by atoms with Gasteiger partial charge in [-0.3, -0.25) is 0 Å². The molecule has 0 fully saturated rings. The fourth-order valence-corrected chi connectivity index (χ4v) is 2.52. The average molecular weight is 249 g/mol. The summed E-state index contributed by atoms with van der Waals surface area (Å²) in [6, 6.07) is 8.42. The Bertz CT molecular complexity index is 390. The Morgan fingerprint density at radius 2 is 2.22 bits per heavy atom. The molecule has 0 aromatic heterocycles. The normalized spacial score (nSPS) is 21.8. The monoisotopic (exact) mass is 249 g/mol. The third kappa shape index (κ3) is 3.24. The molecule has 1 aliphatic rings. The van der Waals surface area contributed by atoms with Crippen molar-refractivity contribution in [2.24, 2.45) is 0 Å². The predicted octanol–water partition coefficient (Wildman–Crippen LogP) is 2.65. The molecule has 2 rings (SSSR count). The highest BCUT2D eigenvalue weighted by Crippen LogP contribution is 2.31. The van der Waals surface area contributed by atoms with Crippen molar-refractivity contribution in [1.29, 1.82) is 0 Å². The summed E-state index contributed by atoms with van der Waals surface area (Å²) in [4.78, 5) is 0. The van der Waals surface area contributed by atoms with Crippen LogP contribution in [0.5, 0.6) is 5.75 Å². The van der Waals surface area contributed by atoms with E-state index >= 15 is 0 Å². The Kier molecular flexibility index (Phi) is 4.25. The van der Waals surface area contributed by atoms with Crippen LogP contribution in [0.15, 0.2) is 24.3 Å². The standard InChI is InChI=1S/C15H23NO2/c1-3-9-15(2,17)11-16-13-8-10-18-14-7-5-4-6-12(13)14/h4-7,13,16-17H,3,8-11H2,1-2H3. The van der Waals surface area contributed by atoms with E-state index in [9.17, 15) is 5.11 Å². The zero-order valence-corrected chi connectivity index (χ0v) is 11.3. The van der Waals surface area contributed by atoms with Gasteiger partial charge in [-0.2, -0.15) is 0 Å². The molecule has 2 N–H and O–H groups in total. The van der Waals surface area contributed by atoms with Crippen LogP contribution in [0.2, 0.25) is 0 Å². The van der Waals surface area contributed by atoms with Crippen LogP contribution in [0, 0.1) is 0 Å². The summed E-state index contributed by atoms with van der Waals surface area (Å²) in [5.74, 6) is 0.969. The highest BCUT2D eigenvalue weighted by atomic mass is 16.5. The van der Waals surface area contributed by atoms with Gasteiger partial charge in [0.15, 0.2) is 0 Å². The first kappa shape index (κ1) is 13.4. The van der Waals surface area contributed by atoms with Gasteiger partial charge in [-0.25, -0.2) is 0 Å². The SMILES string of the molecule is CCCC(C)(O)CNC1CCOc2ccccc21. The number of ether oxygens (including phenoxy) is 1. The summed E-state index contributed by atoms with van der Waals surface area (Å²) in [6.45, 7) is 5.36. The molecule has 1 aromatic carbocycles. The first-order valence-electron chi connectivity index (χ1n) is 6.80. The molecule has 0 aliphatic carbocycles. The minimum Gasteiger partial charge on any atom is -0.493 e. The van der Waals surface area contributed by atoms with E-state index in [0.717, 1.165) is 31.6 Å². The van der Waals surface area contributed by atoms with Gasteiger partial charge in [-0.05, 0) is 19.4 Å². The second-order valence-corrected chi connectivity index (χ2v) is 5.36. The van der Waals surface area contributed by atoms with Crippen molar-refractivity contribution in [3.05, 3.63) is 29.8 Å². The van der Waals surface area contributed by atoms with Crippen molar-refractivity contribution in [2.45, 2.75) is 44.8 Å². The van der Waals surface area contributed by atoms with Crippen molar-refractivity contribution in [1.82, 2.24) is 5.32 Å². The summed E-state index contributed by atoms with van der Waals surface area (Å²) in [5, 5.41) is 13.7. The fourth-order valence-electron chi connectivity index (χ4n) is 2.52. The van der Waals surface area contributed by atoms with Gasteiger partial charge in [0.1, 0.15) is 5.75 Å². The van der Waals surface area contributed by atoms with Crippen LogP contribution in [0.1, 0.15) is 44.7 Å². The minimum atomic E-state index is -0.623. The number of benzene rings is 1. The van der Waals surface area contributed by atoms with Crippen LogP contribution in [0.25, 0.3) is 0 Å². The molecule has 0 bridgehead atoms. The third-order valence-electron chi connectivity index (χ3n) is 3.48. The maximum Gasteiger partial charge on any atom is 0.124 e. The zero-order valence-electron chi connectivity index (χ0n) is 11.3. The lowest BCUT2D eigenvalue weighted by Crippen LogP contribution is -2.40. The van der Waals surface area contributed by atoms with E-state index in [0.29, 0.717) is 12.6 Å². The third-order valence-corrected chi connectivity index (χ3v) is 3.48. The Balaban J connectivity index is 1.99. The summed E-state index contributed by atoms with van der Waals surface area (Å²) in [5.41, 5.74) is 0.582. The number of para-hydroxylation sites is 1. The van der Waals surface area contributed by atoms with Gasteiger partial charge >= 0.3 is 0 Å². The van der Waals surface area contributed by atoms with E-state index < -0.39 is 5.60 Å². The molecular formula is C15H23NO2. The largest absolute Gasteiger partial charge is 0.493 e. The van der Waals surface area contributed by atoms with Gasteiger partial charge in [0, 0.05) is 24.6 Å². The molecule has 2 unspecified atom stereocenters. The maximum atomic E-state index is 10.2. The number of rotatable bonds is 5. The number of nitrogens with one attached hydrogen (secondary N) is 1. The molecular weight excluding hydrogens is 226 g/mol. The molecule has 0 saturated heterocycles. The lowest BCUT2D eigenvalue weighted by atomic mass is 9.97. The number of hydrogen-bond acceptors (Lipinski definition) is 3. The molecule has 100 valence electrons. The second kappa shape index (κ2) is 5.72. The summed E-state index contributed by atoms with van der Waals surface area (Å²) in [6.07, 6.45) is 2.78. The molecule has 1 aromatic rings. The molecule has 1 heterocycles. The highest BCUT2D eigenvalue weighted by molar-refractivity contribution is 5.37. The number of aliphatic hydroxyl groups is 1. The first-order chi connectivity index (χ1) is 8.62. The Morgan fingerprint density at radius 1 is 1.44 bits per heavy atom. The molecule has 1 aliphatic heterocycles. The molecule has 3 nitrogen and oxygen atoms in total. The topological polar surface area (TPSA) is 41.5 Å². The van der Waals surface area contributed by atoms with Gasteiger partial charge in [0.2, 0.25) is 0 Å². The van der Waals surface area contributed by atoms with Gasteiger partial charge < -0.3 is 15.2 Å². The minimum absolute atomic E-state index is 0.290. The van der Waals surface area contributed by atoms with Crippen molar-refractivity contribution >= 4 is 0 Å². The van der Waals surface area contributed by atoms with Gasteiger partial charge in [0.05, 0.1) is 12.2 Å². The first-order valence-corrected chi connectivity index (χ1v) is 6.80. The second-order valence-electron chi connectivity index (χ2n) is 5.36. The lowest BCUT2D eigenvalue weighted by molar-refractivity contribution is 0.0454. The van der Waals surface area contributed by atoms with E-state index in [4.69, 9.17) is 4.74 Å². The molecule has 3 heteroatoms. The molecule has 0 amide bonds. The van der Waals surface area contributed by atoms with E-state index in [1.807, 2.05) is 25.1 Å². The smallest absolute Gasteiger partial charge is 0.124 e. The Labute approximate surface area is 109 Å². The summed E-state index contributed by atoms with van der Waals surface area (Å²) < 4.78 is 5.63. The van der Waals surface area contributed by atoms with E-state index in [1.54, 1.807) is 0 Å². The van der Waals surface area contributed by atoms with Crippen LogP contribution in [0.4, 0.5) is 0 Å². The highest BCUT2D eigenvalue weighted by Gasteiger charge is 2.24. The summed E-state index contributed by atoms with van der Waals surface area (Å²) >= 11 is 0. The fraction of sp³-hybridized carbons (Fsp3) is 0.600. The van der Waals surface area contributed by atoms with Crippen LogP contribution < -0.4 is 10.1 Å². The van der Waals surface area contributed by atoms with Crippen molar-refractivity contribution in [2.75, 3.05) is 13.2 Å². The quantitative estimate of drug-likeness (QED) is 0.843. The van der Waals surface area contributed by atoms with Crippen LogP contribution in [-0.2, 0) is 0 Å². The Hall–Kier alpha value is -1.06. The van der Waals surface area contributed by atoms with Crippen molar-refractivity contribution in [3.63, 3.8) is 0 Å². The molecule has 2 atom stereocenters. The van der Waals surface area contributed by atoms with E-state index in [1.165, 1.54) is 5.56 Å². The van der Waals surface area contributed by atoms with Crippen molar-refractivity contribution in [3.8, 4) is 5.75 Å². The van der Waals surface area contributed by atoms with Crippen LogP contribution >= 0.6 is 0 Å². The molecule has 18 heavy (non-hydrogen) atoms. The van der Waals surface area contributed by atoms with Crippen molar-refractivity contribution < 1.29 is 9.84 Å². The van der Waals surface area contributed by atoms with Gasteiger partial charge in [0.25, 0.3) is 0 Å². The van der Waals surface area contributed by atoms with E-state index in [-0.39, 0.29) is 0 Å². The zero-order chi connectivity index (χ0) is 13.0. The Morgan fingerprint density at radius 3 is 3.00 bits per heavy atom.